The lowest BCUT2D eigenvalue weighted by Gasteiger charge is -2.21. The molecule has 1 atom stereocenters. The fraction of sp³-hybridized carbons (Fsp3) is 0.381. The van der Waals surface area contributed by atoms with Crippen molar-refractivity contribution in [2.45, 2.75) is 37.2 Å². The van der Waals surface area contributed by atoms with Gasteiger partial charge in [0, 0.05) is 18.8 Å². The maximum Gasteiger partial charge on any atom is 0.265 e. The lowest BCUT2D eigenvalue weighted by atomic mass is 10.1. The molecular formula is C21H24N2O5S. The van der Waals surface area contributed by atoms with Gasteiger partial charge in [-0.25, -0.2) is 8.42 Å². The second-order valence-corrected chi connectivity index (χ2v) is 9.00. The summed E-state index contributed by atoms with van der Waals surface area (Å²) < 4.78 is 39.3. The third-order valence-electron chi connectivity index (χ3n) is 5.31. The molecule has 0 unspecified atom stereocenters. The fourth-order valence-electron chi connectivity index (χ4n) is 3.82. The van der Waals surface area contributed by atoms with E-state index in [1.165, 1.54) is 7.11 Å². The molecule has 1 saturated heterocycles. The van der Waals surface area contributed by atoms with E-state index in [-0.39, 0.29) is 16.6 Å². The van der Waals surface area contributed by atoms with Crippen LogP contribution in [0.2, 0.25) is 0 Å². The molecule has 2 aliphatic rings. The molecular weight excluding hydrogens is 392 g/mol. The van der Waals surface area contributed by atoms with Crippen LogP contribution in [0.15, 0.2) is 41.3 Å². The van der Waals surface area contributed by atoms with Gasteiger partial charge in [-0.3, -0.25) is 9.52 Å². The molecule has 0 radical (unpaired) electrons. The Morgan fingerprint density at radius 2 is 2.07 bits per heavy atom. The van der Waals surface area contributed by atoms with Crippen molar-refractivity contribution in [3.8, 4) is 5.75 Å². The Bertz CT molecular complexity index is 1050. The Kier molecular flexibility index (Phi) is 5.23. The molecule has 1 N–H and O–H groups in total. The van der Waals surface area contributed by atoms with Gasteiger partial charge in [-0.1, -0.05) is 12.1 Å². The van der Waals surface area contributed by atoms with Crippen molar-refractivity contribution in [3.63, 3.8) is 0 Å². The van der Waals surface area contributed by atoms with E-state index in [0.29, 0.717) is 18.8 Å². The SMILES string of the molecule is COc1ccc(C)cc1S(=O)(=O)Nc1ccc2c(c1)N(C(=O)[C@@H]1CCCO1)CC2. The second-order valence-electron chi connectivity index (χ2n) is 7.34. The van der Waals surface area contributed by atoms with Crippen molar-refractivity contribution < 1.29 is 22.7 Å². The zero-order valence-electron chi connectivity index (χ0n) is 16.5. The predicted molar refractivity (Wildman–Crippen MR) is 110 cm³/mol. The molecule has 4 rings (SSSR count). The molecule has 2 heterocycles. The first kappa shape index (κ1) is 19.7. The summed E-state index contributed by atoms with van der Waals surface area (Å²) >= 11 is 0. The maximum atomic E-state index is 13.0. The summed E-state index contributed by atoms with van der Waals surface area (Å²) in [7, 11) is -2.41. The minimum Gasteiger partial charge on any atom is -0.495 e. The number of carbonyl (C=O) groups excluding carboxylic acids is 1. The number of benzene rings is 2. The number of fused-ring (bicyclic) bond motifs is 1. The first-order valence-corrected chi connectivity index (χ1v) is 11.1. The number of carbonyl (C=O) groups is 1. The van der Waals surface area contributed by atoms with E-state index < -0.39 is 16.1 Å². The fourth-order valence-corrected chi connectivity index (χ4v) is 5.13. The van der Waals surface area contributed by atoms with E-state index in [1.807, 2.05) is 13.0 Å². The number of nitrogens with one attached hydrogen (secondary N) is 1. The van der Waals surface area contributed by atoms with Crippen molar-refractivity contribution in [1.29, 1.82) is 0 Å². The van der Waals surface area contributed by atoms with Crippen LogP contribution in [0.25, 0.3) is 0 Å². The Morgan fingerprint density at radius 1 is 1.24 bits per heavy atom. The third-order valence-corrected chi connectivity index (χ3v) is 6.72. The molecule has 8 heteroatoms. The van der Waals surface area contributed by atoms with Crippen molar-refractivity contribution >= 4 is 27.3 Å². The van der Waals surface area contributed by atoms with E-state index in [1.54, 1.807) is 35.2 Å². The molecule has 0 aliphatic carbocycles. The highest BCUT2D eigenvalue weighted by molar-refractivity contribution is 7.92. The Labute approximate surface area is 170 Å². The zero-order chi connectivity index (χ0) is 20.6. The summed E-state index contributed by atoms with van der Waals surface area (Å²) in [4.78, 5) is 14.6. The van der Waals surface area contributed by atoms with Crippen LogP contribution >= 0.6 is 0 Å². The van der Waals surface area contributed by atoms with Crippen molar-refractivity contribution in [3.05, 3.63) is 47.5 Å². The number of nitrogens with zero attached hydrogens (tertiary/aromatic N) is 1. The molecule has 1 fully saturated rings. The molecule has 2 aliphatic heterocycles. The first-order chi connectivity index (χ1) is 13.9. The van der Waals surface area contributed by atoms with Gasteiger partial charge in [-0.2, -0.15) is 0 Å². The molecule has 0 bridgehead atoms. The van der Waals surface area contributed by atoms with E-state index in [4.69, 9.17) is 9.47 Å². The molecule has 29 heavy (non-hydrogen) atoms. The average Bonchev–Trinajstić information content (AvgIpc) is 3.37. The number of amides is 1. The minimum atomic E-state index is -3.85. The van der Waals surface area contributed by atoms with E-state index >= 15 is 0 Å². The first-order valence-electron chi connectivity index (χ1n) is 9.62. The maximum absolute atomic E-state index is 13.0. The van der Waals surface area contributed by atoms with Gasteiger partial charge in [-0.05, 0) is 61.6 Å². The monoisotopic (exact) mass is 416 g/mol. The number of anilines is 2. The molecule has 0 spiro atoms. The van der Waals surface area contributed by atoms with Crippen LogP contribution < -0.4 is 14.4 Å². The molecule has 154 valence electrons. The number of sulfonamides is 1. The smallest absolute Gasteiger partial charge is 0.265 e. The van der Waals surface area contributed by atoms with Gasteiger partial charge < -0.3 is 14.4 Å². The summed E-state index contributed by atoms with van der Waals surface area (Å²) in [6, 6.07) is 10.3. The van der Waals surface area contributed by atoms with Gasteiger partial charge in [0.25, 0.3) is 15.9 Å². The summed E-state index contributed by atoms with van der Waals surface area (Å²) in [5.74, 6) is 0.223. The van der Waals surface area contributed by atoms with Crippen LogP contribution in [0.3, 0.4) is 0 Å². The second kappa shape index (κ2) is 7.68. The number of aryl methyl sites for hydroxylation is 1. The number of hydrogen-bond donors (Lipinski definition) is 1. The lowest BCUT2D eigenvalue weighted by molar-refractivity contribution is -0.127. The quantitative estimate of drug-likeness (QED) is 0.810. The standard InChI is InChI=1S/C21H24N2O5S/c1-14-5-8-18(27-2)20(12-14)29(25,26)22-16-7-6-15-9-10-23(17(15)13-16)21(24)19-4-3-11-28-19/h5-8,12-13,19,22H,3-4,9-11H2,1-2H3/t19-/m0/s1. The number of hydrogen-bond acceptors (Lipinski definition) is 5. The van der Waals surface area contributed by atoms with E-state index in [0.717, 1.165) is 36.1 Å². The molecule has 0 aromatic heterocycles. The van der Waals surface area contributed by atoms with E-state index in [2.05, 4.69) is 4.72 Å². The van der Waals surface area contributed by atoms with Crippen molar-refractivity contribution in [2.24, 2.45) is 0 Å². The highest BCUT2D eigenvalue weighted by atomic mass is 32.2. The normalized spacial score (nSPS) is 18.6. The Hall–Kier alpha value is -2.58. The lowest BCUT2D eigenvalue weighted by Crippen LogP contribution is -2.37. The summed E-state index contributed by atoms with van der Waals surface area (Å²) in [5.41, 5.74) is 2.97. The summed E-state index contributed by atoms with van der Waals surface area (Å²) in [6.07, 6.45) is 1.95. The van der Waals surface area contributed by atoms with E-state index in [9.17, 15) is 13.2 Å². The summed E-state index contributed by atoms with van der Waals surface area (Å²) in [5, 5.41) is 0. The highest BCUT2D eigenvalue weighted by Gasteiger charge is 2.33. The molecule has 2 aromatic rings. The molecule has 7 nitrogen and oxygen atoms in total. The van der Waals surface area contributed by atoms with Gasteiger partial charge in [0.1, 0.15) is 16.7 Å². The minimum absolute atomic E-state index is 0.0541. The predicted octanol–water partition coefficient (Wildman–Crippen LogP) is 2.87. The van der Waals surface area contributed by atoms with Crippen LogP contribution in [0, 0.1) is 6.92 Å². The number of methoxy groups -OCH3 is 1. The summed E-state index contributed by atoms with van der Waals surface area (Å²) in [6.45, 7) is 3.01. The van der Waals surface area contributed by atoms with Gasteiger partial charge in [0.05, 0.1) is 12.8 Å². The third kappa shape index (κ3) is 3.82. The molecule has 0 saturated carbocycles. The van der Waals surface area contributed by atoms with Crippen molar-refractivity contribution in [1.82, 2.24) is 0 Å². The van der Waals surface area contributed by atoms with Crippen LogP contribution in [-0.4, -0.2) is 40.7 Å². The Balaban J connectivity index is 1.62. The molecule has 1 amide bonds. The zero-order valence-corrected chi connectivity index (χ0v) is 17.3. The highest BCUT2D eigenvalue weighted by Crippen LogP contribution is 2.34. The number of rotatable bonds is 5. The van der Waals surface area contributed by atoms with Crippen molar-refractivity contribution in [2.75, 3.05) is 29.9 Å². The van der Waals surface area contributed by atoms with Crippen LogP contribution in [0.5, 0.6) is 5.75 Å². The van der Waals surface area contributed by atoms with Gasteiger partial charge in [0.15, 0.2) is 0 Å². The van der Waals surface area contributed by atoms with Crippen LogP contribution in [-0.2, 0) is 26.0 Å². The van der Waals surface area contributed by atoms with Gasteiger partial charge >= 0.3 is 0 Å². The number of ether oxygens (including phenoxy) is 2. The van der Waals surface area contributed by atoms with Crippen LogP contribution in [0.4, 0.5) is 11.4 Å². The largest absolute Gasteiger partial charge is 0.495 e. The Morgan fingerprint density at radius 3 is 2.79 bits per heavy atom. The average molecular weight is 416 g/mol. The topological polar surface area (TPSA) is 84.9 Å². The van der Waals surface area contributed by atoms with Gasteiger partial charge in [-0.15, -0.1) is 0 Å². The molecule has 2 aromatic carbocycles. The van der Waals surface area contributed by atoms with Crippen LogP contribution in [0.1, 0.15) is 24.0 Å². The van der Waals surface area contributed by atoms with Gasteiger partial charge in [0.2, 0.25) is 0 Å².